The molecule has 2 aromatic rings. The van der Waals surface area contributed by atoms with Gasteiger partial charge in [0.15, 0.2) is 5.76 Å². The molecule has 1 aromatic carbocycles. The third kappa shape index (κ3) is 3.96. The lowest BCUT2D eigenvalue weighted by Crippen LogP contribution is -2.34. The van der Waals surface area contributed by atoms with Crippen LogP contribution in [0.1, 0.15) is 38.0 Å². The van der Waals surface area contributed by atoms with Gasteiger partial charge in [0.2, 0.25) is 5.89 Å². The summed E-state index contributed by atoms with van der Waals surface area (Å²) in [5, 5.41) is 0. The van der Waals surface area contributed by atoms with Gasteiger partial charge in [0.1, 0.15) is 12.4 Å². The quantitative estimate of drug-likeness (QED) is 0.422. The van der Waals surface area contributed by atoms with Crippen LogP contribution < -0.4 is 0 Å². The van der Waals surface area contributed by atoms with E-state index < -0.39 is 17.8 Å². The summed E-state index contributed by atoms with van der Waals surface area (Å²) in [5.74, 6) is -1.57. The Hall–Kier alpha value is -3.29. The molecule has 2 heterocycles. The Morgan fingerprint density at radius 2 is 1.79 bits per heavy atom. The molecule has 0 bridgehead atoms. The fourth-order valence-electron chi connectivity index (χ4n) is 3.54. The van der Waals surface area contributed by atoms with Gasteiger partial charge in [-0.2, -0.15) is 0 Å². The molecule has 0 saturated carbocycles. The molecule has 0 N–H and O–H groups in total. The Bertz CT molecular complexity index is 980. The van der Waals surface area contributed by atoms with E-state index >= 15 is 0 Å². The van der Waals surface area contributed by atoms with Gasteiger partial charge >= 0.3 is 17.8 Å². The lowest BCUT2D eigenvalue weighted by Gasteiger charge is -2.17. The van der Waals surface area contributed by atoms with Crippen molar-refractivity contribution in [2.24, 2.45) is 0 Å². The first kappa shape index (κ1) is 19.0. The third-order valence-electron chi connectivity index (χ3n) is 5.15. The van der Waals surface area contributed by atoms with E-state index in [4.69, 9.17) is 4.42 Å². The van der Waals surface area contributed by atoms with Crippen LogP contribution in [0, 0.1) is 5.82 Å². The Labute approximate surface area is 166 Å². The maximum atomic E-state index is 13.1. The van der Waals surface area contributed by atoms with Gasteiger partial charge in [-0.3, -0.25) is 14.5 Å². The zero-order chi connectivity index (χ0) is 20.4. The Morgan fingerprint density at radius 3 is 2.52 bits per heavy atom. The summed E-state index contributed by atoms with van der Waals surface area (Å²) in [6.07, 6.45) is 8.43. The van der Waals surface area contributed by atoms with Crippen molar-refractivity contribution in [2.75, 3.05) is 6.54 Å². The number of nitrogens with zero attached hydrogens (tertiary/aromatic N) is 3. The predicted octanol–water partition coefficient (Wildman–Crippen LogP) is 3.66. The highest BCUT2D eigenvalue weighted by molar-refractivity contribution is 6.44. The normalized spacial score (nSPS) is 17.3. The summed E-state index contributed by atoms with van der Waals surface area (Å²) >= 11 is 0. The molecule has 7 nitrogen and oxygen atoms in total. The van der Waals surface area contributed by atoms with E-state index in [0.29, 0.717) is 17.7 Å². The number of hydrogen-bond acceptors (Lipinski definition) is 5. The summed E-state index contributed by atoms with van der Waals surface area (Å²) in [7, 11) is 0. The second kappa shape index (κ2) is 7.98. The van der Waals surface area contributed by atoms with E-state index in [1.54, 1.807) is 0 Å². The Kier molecular flexibility index (Phi) is 5.24. The van der Waals surface area contributed by atoms with E-state index in [1.165, 1.54) is 36.0 Å². The summed E-state index contributed by atoms with van der Waals surface area (Å²) in [5.41, 5.74) is 1.84. The molecule has 1 aliphatic carbocycles. The van der Waals surface area contributed by atoms with Crippen LogP contribution in [0.3, 0.4) is 0 Å². The second-order valence-corrected chi connectivity index (χ2v) is 7.11. The fourth-order valence-corrected chi connectivity index (χ4v) is 3.54. The van der Waals surface area contributed by atoms with Crippen molar-refractivity contribution in [3.63, 3.8) is 0 Å². The van der Waals surface area contributed by atoms with Gasteiger partial charge < -0.3 is 4.42 Å². The molecule has 0 spiro atoms. The number of oxazole rings is 1. The van der Waals surface area contributed by atoms with Crippen molar-refractivity contribution >= 4 is 17.8 Å². The van der Waals surface area contributed by atoms with Crippen LogP contribution in [0.5, 0.6) is 0 Å². The van der Waals surface area contributed by atoms with Crippen LogP contribution in [0.15, 0.2) is 46.5 Å². The third-order valence-corrected chi connectivity index (χ3v) is 5.15. The van der Waals surface area contributed by atoms with Crippen molar-refractivity contribution < 1.29 is 23.2 Å². The molecular weight excluding hydrogens is 377 g/mol. The van der Waals surface area contributed by atoms with Crippen molar-refractivity contribution in [2.45, 2.75) is 38.6 Å². The summed E-state index contributed by atoms with van der Waals surface area (Å²) < 4.78 is 18.6. The average Bonchev–Trinajstić information content (AvgIpc) is 3.28. The van der Waals surface area contributed by atoms with Crippen molar-refractivity contribution in [1.82, 2.24) is 14.8 Å². The summed E-state index contributed by atoms with van der Waals surface area (Å²) in [6.45, 7) is -0.0397. The minimum absolute atomic E-state index is 0.121. The maximum absolute atomic E-state index is 13.1. The first-order valence-electron chi connectivity index (χ1n) is 9.59. The fraction of sp³-hybridized carbons (Fsp3) is 0.333. The number of allylic oxidation sites excluding steroid dienone is 1. The molecule has 0 unspecified atom stereocenters. The van der Waals surface area contributed by atoms with Gasteiger partial charge in [0.05, 0.1) is 6.20 Å². The Balaban J connectivity index is 1.43. The summed E-state index contributed by atoms with van der Waals surface area (Å²) in [6, 6.07) is 5.01. The van der Waals surface area contributed by atoms with Gasteiger partial charge in [0, 0.05) is 12.1 Å². The molecule has 1 fully saturated rings. The topological polar surface area (TPSA) is 83.7 Å². The number of imide groups is 2. The van der Waals surface area contributed by atoms with Gasteiger partial charge in [-0.15, -0.1) is 0 Å². The van der Waals surface area contributed by atoms with Crippen LogP contribution in [-0.4, -0.2) is 39.2 Å². The average molecular weight is 397 g/mol. The van der Waals surface area contributed by atoms with Crippen LogP contribution in [0.2, 0.25) is 0 Å². The molecule has 1 aromatic heterocycles. The monoisotopic (exact) mass is 397 g/mol. The number of carbonyl (C=O) groups excluding carboxylic acids is 3. The number of aromatic nitrogens is 1. The highest BCUT2D eigenvalue weighted by atomic mass is 19.1. The van der Waals surface area contributed by atoms with Crippen LogP contribution in [-0.2, 0) is 16.1 Å². The number of benzene rings is 1. The number of carbonyl (C=O) groups is 3. The molecule has 150 valence electrons. The molecule has 0 radical (unpaired) electrons. The van der Waals surface area contributed by atoms with Crippen LogP contribution in [0.25, 0.3) is 11.3 Å². The van der Waals surface area contributed by atoms with Crippen molar-refractivity contribution in [1.29, 1.82) is 0 Å². The van der Waals surface area contributed by atoms with E-state index in [0.717, 1.165) is 35.5 Å². The van der Waals surface area contributed by atoms with E-state index in [2.05, 4.69) is 11.1 Å². The van der Waals surface area contributed by atoms with Gasteiger partial charge in [-0.25, -0.2) is 19.1 Å². The van der Waals surface area contributed by atoms with Gasteiger partial charge in [-0.05, 0) is 56.4 Å². The lowest BCUT2D eigenvalue weighted by atomic mass is 9.97. The van der Waals surface area contributed by atoms with E-state index in [1.807, 2.05) is 0 Å². The standard InChI is InChI=1S/C21H20FN3O4/c22-16-8-6-15(7-9-16)17-12-23-18(29-17)13-25-20(27)19(26)24(21(25)28)11-10-14-4-2-1-3-5-14/h4,6-9,12H,1-3,5,10-11,13H2. The SMILES string of the molecule is O=C1C(=O)N(Cc2ncc(-c3ccc(F)cc3)o2)C(=O)N1CCC1=CCCCC1. The molecule has 8 heteroatoms. The van der Waals surface area contributed by atoms with Crippen LogP contribution >= 0.6 is 0 Å². The smallest absolute Gasteiger partial charge is 0.334 e. The largest absolute Gasteiger partial charge is 0.439 e. The van der Waals surface area contributed by atoms with Gasteiger partial charge in [0.25, 0.3) is 0 Å². The van der Waals surface area contributed by atoms with E-state index in [-0.39, 0.29) is 24.8 Å². The van der Waals surface area contributed by atoms with Crippen LogP contribution in [0.4, 0.5) is 9.18 Å². The Morgan fingerprint density at radius 1 is 1.03 bits per heavy atom. The molecule has 4 rings (SSSR count). The highest BCUT2D eigenvalue weighted by Crippen LogP contribution is 2.24. The predicted molar refractivity (Wildman–Crippen MR) is 101 cm³/mol. The first-order chi connectivity index (χ1) is 14.0. The van der Waals surface area contributed by atoms with Crippen molar-refractivity contribution in [3.8, 4) is 11.3 Å². The molecule has 4 amide bonds. The number of halogens is 1. The second-order valence-electron chi connectivity index (χ2n) is 7.11. The number of amides is 4. The minimum atomic E-state index is -0.880. The van der Waals surface area contributed by atoms with Gasteiger partial charge in [-0.1, -0.05) is 11.6 Å². The highest BCUT2D eigenvalue weighted by Gasteiger charge is 2.44. The summed E-state index contributed by atoms with van der Waals surface area (Å²) in [4.78, 5) is 43.0. The lowest BCUT2D eigenvalue weighted by molar-refractivity contribution is -0.143. The molecule has 0 atom stereocenters. The molecule has 1 saturated heterocycles. The molecule has 1 aliphatic heterocycles. The first-order valence-corrected chi connectivity index (χ1v) is 9.59. The van der Waals surface area contributed by atoms with Crippen molar-refractivity contribution in [3.05, 3.63) is 53.8 Å². The van der Waals surface area contributed by atoms with E-state index in [9.17, 15) is 18.8 Å². The zero-order valence-electron chi connectivity index (χ0n) is 15.8. The minimum Gasteiger partial charge on any atom is -0.439 e. The molecule has 29 heavy (non-hydrogen) atoms. The zero-order valence-corrected chi connectivity index (χ0v) is 15.8. The molecular formula is C21H20FN3O4. The maximum Gasteiger partial charge on any atom is 0.334 e. The molecule has 2 aliphatic rings. The number of hydrogen-bond donors (Lipinski definition) is 0. The number of rotatable bonds is 6. The number of urea groups is 1.